The highest BCUT2D eigenvalue weighted by Crippen LogP contribution is 2.29. The van der Waals surface area contributed by atoms with Gasteiger partial charge in [0, 0.05) is 0 Å². The minimum absolute atomic E-state index is 0.00933. The topological polar surface area (TPSA) is 58.2 Å². The second kappa shape index (κ2) is 6.75. The quantitative estimate of drug-likeness (QED) is 0.911. The average molecular weight is 314 g/mol. The largest absolute Gasteiger partial charge is 0.348 e. The maximum Gasteiger partial charge on any atom is 0.261 e. The van der Waals surface area contributed by atoms with Gasteiger partial charge in [0.1, 0.15) is 0 Å². The van der Waals surface area contributed by atoms with Crippen molar-refractivity contribution in [2.24, 2.45) is 0 Å². The first-order valence-corrected chi connectivity index (χ1v) is 8.31. The Hall–Kier alpha value is -2.14. The predicted molar refractivity (Wildman–Crippen MR) is 86.9 cm³/mol. The molecule has 4 nitrogen and oxygen atoms in total. The van der Waals surface area contributed by atoms with Gasteiger partial charge in [-0.2, -0.15) is 0 Å². The Kier molecular flexibility index (Phi) is 4.53. The molecule has 0 fully saturated rings. The standard InChI is InChI=1S/C17H18N2O2S/c20-16(11-18-17(21)15-9-4-10-22-15)19-14-8-3-6-12-5-1-2-7-13(12)14/h1-2,4-5,7,9-10,14H,3,6,8,11H2,(H,18,21)(H,19,20)/t14-/m1/s1. The molecule has 1 heterocycles. The van der Waals surface area contributed by atoms with Crippen molar-refractivity contribution in [3.8, 4) is 0 Å². The lowest BCUT2D eigenvalue weighted by molar-refractivity contribution is -0.121. The van der Waals surface area contributed by atoms with E-state index in [9.17, 15) is 9.59 Å². The van der Waals surface area contributed by atoms with Crippen LogP contribution in [0.2, 0.25) is 0 Å². The first-order valence-electron chi connectivity index (χ1n) is 7.43. The van der Waals surface area contributed by atoms with Crippen molar-refractivity contribution in [3.05, 3.63) is 57.8 Å². The van der Waals surface area contributed by atoms with Gasteiger partial charge in [-0.25, -0.2) is 0 Å². The van der Waals surface area contributed by atoms with E-state index in [-0.39, 0.29) is 24.4 Å². The molecule has 0 saturated heterocycles. The van der Waals surface area contributed by atoms with Crippen molar-refractivity contribution in [2.75, 3.05) is 6.54 Å². The normalized spacial score (nSPS) is 16.6. The fourth-order valence-electron chi connectivity index (χ4n) is 2.80. The van der Waals surface area contributed by atoms with Crippen molar-refractivity contribution in [1.82, 2.24) is 10.6 Å². The molecule has 1 aromatic carbocycles. The molecular weight excluding hydrogens is 296 g/mol. The van der Waals surface area contributed by atoms with Crippen molar-refractivity contribution < 1.29 is 9.59 Å². The molecule has 1 aliphatic carbocycles. The summed E-state index contributed by atoms with van der Waals surface area (Å²) in [4.78, 5) is 24.5. The van der Waals surface area contributed by atoms with E-state index >= 15 is 0 Å². The van der Waals surface area contributed by atoms with Crippen LogP contribution in [0, 0.1) is 0 Å². The summed E-state index contributed by atoms with van der Waals surface area (Å²) in [7, 11) is 0. The van der Waals surface area contributed by atoms with Crippen LogP contribution in [0.25, 0.3) is 0 Å². The van der Waals surface area contributed by atoms with Crippen LogP contribution in [-0.4, -0.2) is 18.4 Å². The highest BCUT2D eigenvalue weighted by atomic mass is 32.1. The van der Waals surface area contributed by atoms with Gasteiger partial charge in [0.2, 0.25) is 5.91 Å². The number of nitrogens with one attached hydrogen (secondary N) is 2. The average Bonchev–Trinajstić information content (AvgIpc) is 3.07. The Balaban J connectivity index is 1.55. The Bertz CT molecular complexity index is 667. The third-order valence-corrected chi connectivity index (χ3v) is 4.73. The number of aryl methyl sites for hydroxylation is 1. The number of rotatable bonds is 4. The molecule has 1 atom stereocenters. The van der Waals surface area contributed by atoms with Crippen LogP contribution in [0.1, 0.15) is 39.7 Å². The second-order valence-corrected chi connectivity index (χ2v) is 6.32. The Labute approximate surface area is 133 Å². The summed E-state index contributed by atoms with van der Waals surface area (Å²) in [5.41, 5.74) is 2.51. The zero-order valence-electron chi connectivity index (χ0n) is 12.2. The van der Waals surface area contributed by atoms with E-state index in [1.807, 2.05) is 23.6 Å². The van der Waals surface area contributed by atoms with Gasteiger partial charge in [-0.1, -0.05) is 30.3 Å². The third-order valence-electron chi connectivity index (χ3n) is 3.86. The number of amides is 2. The van der Waals surface area contributed by atoms with Gasteiger partial charge in [0.25, 0.3) is 5.91 Å². The Morgan fingerprint density at radius 1 is 1.18 bits per heavy atom. The number of hydrogen-bond acceptors (Lipinski definition) is 3. The molecule has 2 amide bonds. The monoisotopic (exact) mass is 314 g/mol. The molecule has 3 rings (SSSR count). The zero-order valence-corrected chi connectivity index (χ0v) is 13.0. The zero-order chi connectivity index (χ0) is 15.4. The molecule has 1 aromatic heterocycles. The Morgan fingerprint density at radius 3 is 2.86 bits per heavy atom. The first-order chi connectivity index (χ1) is 10.7. The highest BCUT2D eigenvalue weighted by Gasteiger charge is 2.21. The molecule has 5 heteroatoms. The lowest BCUT2D eigenvalue weighted by Gasteiger charge is -2.26. The van der Waals surface area contributed by atoms with Crippen LogP contribution in [0.15, 0.2) is 41.8 Å². The van der Waals surface area contributed by atoms with Crippen LogP contribution < -0.4 is 10.6 Å². The molecule has 1 aliphatic rings. The molecule has 0 aliphatic heterocycles. The van der Waals surface area contributed by atoms with Crippen LogP contribution in [0.4, 0.5) is 0 Å². The molecule has 0 unspecified atom stereocenters. The summed E-state index contributed by atoms with van der Waals surface area (Å²) in [5.74, 6) is -0.346. The van der Waals surface area contributed by atoms with Gasteiger partial charge in [-0.05, 0) is 41.8 Å². The van der Waals surface area contributed by atoms with Crippen LogP contribution in [0.3, 0.4) is 0 Å². The number of carbonyl (C=O) groups is 2. The number of thiophene rings is 1. The van der Waals surface area contributed by atoms with Crippen LogP contribution in [0.5, 0.6) is 0 Å². The van der Waals surface area contributed by atoms with Crippen molar-refractivity contribution in [2.45, 2.75) is 25.3 Å². The SMILES string of the molecule is O=C(CNC(=O)c1cccs1)N[C@@H]1CCCc2ccccc21. The molecule has 22 heavy (non-hydrogen) atoms. The Morgan fingerprint density at radius 2 is 2.05 bits per heavy atom. The lowest BCUT2D eigenvalue weighted by Crippen LogP contribution is -2.39. The molecule has 114 valence electrons. The van der Waals surface area contributed by atoms with Crippen molar-refractivity contribution in [3.63, 3.8) is 0 Å². The number of fused-ring (bicyclic) bond motifs is 1. The van der Waals surface area contributed by atoms with E-state index in [1.165, 1.54) is 22.5 Å². The maximum absolute atomic E-state index is 12.1. The van der Waals surface area contributed by atoms with E-state index in [4.69, 9.17) is 0 Å². The molecule has 0 spiro atoms. The molecular formula is C17H18N2O2S. The first kappa shape index (κ1) is 14.8. The molecule has 0 bridgehead atoms. The smallest absolute Gasteiger partial charge is 0.261 e. The summed E-state index contributed by atoms with van der Waals surface area (Å²) in [5, 5.41) is 7.52. The van der Waals surface area contributed by atoms with Crippen LogP contribution >= 0.6 is 11.3 Å². The molecule has 0 radical (unpaired) electrons. The highest BCUT2D eigenvalue weighted by molar-refractivity contribution is 7.12. The number of carbonyl (C=O) groups excluding carboxylic acids is 2. The van der Waals surface area contributed by atoms with Crippen LogP contribution in [-0.2, 0) is 11.2 Å². The molecule has 2 N–H and O–H groups in total. The van der Waals surface area contributed by atoms with Gasteiger partial charge in [-0.15, -0.1) is 11.3 Å². The van der Waals surface area contributed by atoms with Gasteiger partial charge >= 0.3 is 0 Å². The number of benzene rings is 1. The van der Waals surface area contributed by atoms with E-state index in [0.29, 0.717) is 4.88 Å². The fraction of sp³-hybridized carbons (Fsp3) is 0.294. The van der Waals surface area contributed by atoms with Crippen molar-refractivity contribution in [1.29, 1.82) is 0 Å². The van der Waals surface area contributed by atoms with Gasteiger partial charge in [0.05, 0.1) is 17.5 Å². The van der Waals surface area contributed by atoms with E-state index in [0.717, 1.165) is 19.3 Å². The second-order valence-electron chi connectivity index (χ2n) is 5.37. The number of hydrogen-bond donors (Lipinski definition) is 2. The van der Waals surface area contributed by atoms with Gasteiger partial charge in [-0.3, -0.25) is 9.59 Å². The van der Waals surface area contributed by atoms with E-state index < -0.39 is 0 Å². The fourth-order valence-corrected chi connectivity index (χ4v) is 3.44. The maximum atomic E-state index is 12.1. The minimum atomic E-state index is -0.200. The van der Waals surface area contributed by atoms with E-state index in [1.54, 1.807) is 6.07 Å². The summed E-state index contributed by atoms with van der Waals surface area (Å²) < 4.78 is 0. The lowest BCUT2D eigenvalue weighted by atomic mass is 9.88. The summed E-state index contributed by atoms with van der Waals surface area (Å²) in [6.45, 7) is 0.00933. The van der Waals surface area contributed by atoms with Crippen molar-refractivity contribution >= 4 is 23.2 Å². The minimum Gasteiger partial charge on any atom is -0.348 e. The third kappa shape index (κ3) is 3.36. The predicted octanol–water partition coefficient (Wildman–Crippen LogP) is 2.67. The molecule has 0 saturated carbocycles. The van der Waals surface area contributed by atoms with Gasteiger partial charge < -0.3 is 10.6 Å². The summed E-state index contributed by atoms with van der Waals surface area (Å²) >= 11 is 1.37. The van der Waals surface area contributed by atoms with E-state index in [2.05, 4.69) is 22.8 Å². The van der Waals surface area contributed by atoms with Gasteiger partial charge in [0.15, 0.2) is 0 Å². The summed E-state index contributed by atoms with van der Waals surface area (Å²) in [6, 6.07) is 11.8. The molecule has 2 aromatic rings. The summed E-state index contributed by atoms with van der Waals surface area (Å²) in [6.07, 6.45) is 3.09.